The summed E-state index contributed by atoms with van der Waals surface area (Å²) in [6.07, 6.45) is 2.07. The second-order valence-electron chi connectivity index (χ2n) is 5.56. The largest absolute Gasteiger partial charge is 0.373 e. The molecule has 0 saturated heterocycles. The van der Waals surface area contributed by atoms with Crippen LogP contribution in [0.3, 0.4) is 0 Å². The summed E-state index contributed by atoms with van der Waals surface area (Å²) in [5.74, 6) is 1.77. The lowest BCUT2D eigenvalue weighted by Gasteiger charge is -2.24. The Morgan fingerprint density at radius 3 is 2.40 bits per heavy atom. The molecular weight excluding hydrogens is 246 g/mol. The summed E-state index contributed by atoms with van der Waals surface area (Å²) in [5, 5.41) is 3.14. The molecule has 1 aromatic carbocycles. The van der Waals surface area contributed by atoms with E-state index in [1.165, 1.54) is 5.56 Å². The lowest BCUT2D eigenvalue weighted by Crippen LogP contribution is -2.23. The van der Waals surface area contributed by atoms with Crippen LogP contribution in [0.5, 0.6) is 0 Å². The van der Waals surface area contributed by atoms with Crippen molar-refractivity contribution in [2.24, 2.45) is 0 Å². The first-order valence-electron chi connectivity index (χ1n) is 7.19. The van der Waals surface area contributed by atoms with Crippen LogP contribution >= 0.6 is 0 Å². The van der Waals surface area contributed by atoms with Crippen LogP contribution in [-0.2, 0) is 11.8 Å². The molecule has 106 valence electrons. The van der Waals surface area contributed by atoms with Crippen molar-refractivity contribution in [2.45, 2.75) is 39.0 Å². The van der Waals surface area contributed by atoms with Gasteiger partial charge in [0.1, 0.15) is 11.6 Å². The molecule has 0 saturated carbocycles. The molecular formula is C17H23N3. The van der Waals surface area contributed by atoms with Gasteiger partial charge in [0.25, 0.3) is 0 Å². The lowest BCUT2D eigenvalue weighted by atomic mass is 9.83. The minimum absolute atomic E-state index is 0.198. The van der Waals surface area contributed by atoms with Gasteiger partial charge >= 0.3 is 0 Å². The Labute approximate surface area is 121 Å². The number of aromatic nitrogens is 2. The molecule has 0 fully saturated rings. The lowest BCUT2D eigenvalue weighted by molar-refractivity contribution is 0.585. The first kappa shape index (κ1) is 14.5. The van der Waals surface area contributed by atoms with Crippen molar-refractivity contribution < 1.29 is 0 Å². The van der Waals surface area contributed by atoms with Crippen LogP contribution in [0.25, 0.3) is 0 Å². The first-order chi connectivity index (χ1) is 9.57. The zero-order valence-electron chi connectivity index (χ0n) is 12.8. The number of aryl methyl sites for hydroxylation is 1. The Kier molecular flexibility index (Phi) is 4.38. The molecule has 1 aromatic heterocycles. The zero-order valence-corrected chi connectivity index (χ0v) is 12.8. The van der Waals surface area contributed by atoms with Crippen molar-refractivity contribution in [3.63, 3.8) is 0 Å². The maximum absolute atomic E-state index is 4.77. The summed E-state index contributed by atoms with van der Waals surface area (Å²) in [5.41, 5.74) is 2.14. The fourth-order valence-electron chi connectivity index (χ4n) is 2.27. The van der Waals surface area contributed by atoms with Crippen LogP contribution < -0.4 is 5.32 Å². The van der Waals surface area contributed by atoms with Gasteiger partial charge in [0.15, 0.2) is 0 Å². The monoisotopic (exact) mass is 269 g/mol. The van der Waals surface area contributed by atoms with Crippen molar-refractivity contribution in [3.05, 3.63) is 53.5 Å². The molecule has 0 atom stereocenters. The van der Waals surface area contributed by atoms with Crippen LogP contribution in [0.1, 0.15) is 44.3 Å². The van der Waals surface area contributed by atoms with Crippen molar-refractivity contribution in [3.8, 4) is 0 Å². The normalized spacial score (nSPS) is 11.4. The van der Waals surface area contributed by atoms with E-state index in [-0.39, 0.29) is 5.41 Å². The van der Waals surface area contributed by atoms with E-state index < -0.39 is 0 Å². The second-order valence-corrected chi connectivity index (χ2v) is 5.56. The molecule has 0 radical (unpaired) electrons. The molecule has 0 bridgehead atoms. The molecule has 0 unspecified atom stereocenters. The van der Waals surface area contributed by atoms with E-state index in [0.29, 0.717) is 0 Å². The van der Waals surface area contributed by atoms with Gasteiger partial charge in [0.05, 0.1) is 0 Å². The summed E-state index contributed by atoms with van der Waals surface area (Å²) in [4.78, 5) is 9.43. The number of anilines is 1. The quantitative estimate of drug-likeness (QED) is 0.897. The van der Waals surface area contributed by atoms with E-state index in [4.69, 9.17) is 4.98 Å². The fraction of sp³-hybridized carbons (Fsp3) is 0.412. The number of nitrogens with zero attached hydrogens (tertiary/aromatic N) is 2. The van der Waals surface area contributed by atoms with E-state index >= 15 is 0 Å². The fourth-order valence-corrected chi connectivity index (χ4v) is 2.27. The summed E-state index contributed by atoms with van der Waals surface area (Å²) in [6, 6.07) is 12.5. The Morgan fingerprint density at radius 1 is 1.10 bits per heavy atom. The zero-order chi connectivity index (χ0) is 14.6. The van der Waals surface area contributed by atoms with Crippen LogP contribution in [0.2, 0.25) is 0 Å². The minimum Gasteiger partial charge on any atom is -0.373 e. The van der Waals surface area contributed by atoms with E-state index in [1.807, 2.05) is 19.2 Å². The van der Waals surface area contributed by atoms with Gasteiger partial charge in [-0.1, -0.05) is 43.7 Å². The van der Waals surface area contributed by atoms with Crippen LogP contribution in [0.15, 0.2) is 36.4 Å². The number of nitrogens with one attached hydrogen (secondary N) is 1. The van der Waals surface area contributed by atoms with Crippen molar-refractivity contribution in [1.82, 2.24) is 9.97 Å². The average Bonchev–Trinajstić information content (AvgIpc) is 2.48. The molecule has 2 rings (SSSR count). The number of hydrogen-bond donors (Lipinski definition) is 1. The molecule has 1 N–H and O–H groups in total. The van der Waals surface area contributed by atoms with Gasteiger partial charge in [-0.15, -0.1) is 0 Å². The molecule has 0 aliphatic carbocycles. The van der Waals surface area contributed by atoms with Crippen molar-refractivity contribution in [2.75, 3.05) is 12.4 Å². The van der Waals surface area contributed by atoms with Gasteiger partial charge in [-0.2, -0.15) is 0 Å². The average molecular weight is 269 g/mol. The van der Waals surface area contributed by atoms with E-state index in [9.17, 15) is 0 Å². The highest BCUT2D eigenvalue weighted by Crippen LogP contribution is 2.29. The summed E-state index contributed by atoms with van der Waals surface area (Å²) in [6.45, 7) is 6.52. The van der Waals surface area contributed by atoms with E-state index in [0.717, 1.165) is 30.2 Å². The molecule has 0 aliphatic heterocycles. The molecule has 3 heteroatoms. The summed E-state index contributed by atoms with van der Waals surface area (Å²) >= 11 is 0. The smallest absolute Gasteiger partial charge is 0.140 e. The van der Waals surface area contributed by atoms with Gasteiger partial charge < -0.3 is 5.32 Å². The first-order valence-corrected chi connectivity index (χ1v) is 7.19. The van der Waals surface area contributed by atoms with Crippen molar-refractivity contribution >= 4 is 5.82 Å². The third kappa shape index (κ3) is 2.98. The minimum atomic E-state index is -0.198. The molecule has 0 aliphatic rings. The maximum atomic E-state index is 4.77. The molecule has 20 heavy (non-hydrogen) atoms. The van der Waals surface area contributed by atoms with E-state index in [1.54, 1.807) is 0 Å². The molecule has 3 nitrogen and oxygen atoms in total. The molecule has 2 aromatic rings. The van der Waals surface area contributed by atoms with Gasteiger partial charge in [0.2, 0.25) is 0 Å². The highest BCUT2D eigenvalue weighted by Gasteiger charge is 2.27. The SMILES string of the molecule is CCCc1cc(NC)nc(C(C)(C)c2ccccc2)n1. The Hall–Kier alpha value is -1.90. The highest BCUT2D eigenvalue weighted by molar-refractivity contribution is 5.39. The van der Waals surface area contributed by atoms with E-state index in [2.05, 4.69) is 55.3 Å². The Balaban J connectivity index is 2.47. The standard InChI is InChI=1S/C17H23N3/c1-5-9-14-12-15(18-4)20-16(19-14)17(2,3)13-10-7-6-8-11-13/h6-8,10-12H,5,9H2,1-4H3,(H,18,19,20). The highest BCUT2D eigenvalue weighted by atomic mass is 15.0. The Morgan fingerprint density at radius 2 is 1.80 bits per heavy atom. The second kappa shape index (κ2) is 6.04. The Bertz CT molecular complexity index is 562. The molecule has 0 spiro atoms. The van der Waals surface area contributed by atoms with Crippen LogP contribution in [0.4, 0.5) is 5.82 Å². The van der Waals surface area contributed by atoms with Crippen molar-refractivity contribution in [1.29, 1.82) is 0 Å². The number of rotatable bonds is 5. The van der Waals surface area contributed by atoms with Crippen LogP contribution in [0, 0.1) is 0 Å². The molecule has 1 heterocycles. The van der Waals surface area contributed by atoms with Gasteiger partial charge in [-0.25, -0.2) is 9.97 Å². The number of benzene rings is 1. The third-order valence-corrected chi connectivity index (χ3v) is 3.60. The summed E-state index contributed by atoms with van der Waals surface area (Å²) < 4.78 is 0. The predicted molar refractivity (Wildman–Crippen MR) is 84.1 cm³/mol. The topological polar surface area (TPSA) is 37.8 Å². The summed E-state index contributed by atoms with van der Waals surface area (Å²) in [7, 11) is 1.90. The van der Waals surface area contributed by atoms with Gasteiger partial charge in [0, 0.05) is 24.2 Å². The molecule has 0 amide bonds. The van der Waals surface area contributed by atoms with Gasteiger partial charge in [-0.3, -0.25) is 0 Å². The number of hydrogen-bond acceptors (Lipinski definition) is 3. The van der Waals surface area contributed by atoms with Gasteiger partial charge in [-0.05, 0) is 25.8 Å². The third-order valence-electron chi connectivity index (χ3n) is 3.60. The van der Waals surface area contributed by atoms with Crippen LogP contribution in [-0.4, -0.2) is 17.0 Å². The predicted octanol–water partition coefficient (Wildman–Crippen LogP) is 3.80. The maximum Gasteiger partial charge on any atom is 0.140 e.